The largest absolute Gasteiger partial charge is 0.504 e. The molecule has 6 heteroatoms. The van der Waals surface area contributed by atoms with Crippen LogP contribution in [-0.2, 0) is 6.42 Å². The molecule has 0 spiro atoms. The molecule has 0 aromatic heterocycles. The van der Waals surface area contributed by atoms with Gasteiger partial charge in [0.05, 0.1) is 17.8 Å². The van der Waals surface area contributed by atoms with Crippen molar-refractivity contribution in [2.75, 3.05) is 0 Å². The van der Waals surface area contributed by atoms with Gasteiger partial charge in [0.25, 0.3) is 0 Å². The summed E-state index contributed by atoms with van der Waals surface area (Å²) in [5, 5.41) is 46.3. The maximum atomic E-state index is 10.9. The summed E-state index contributed by atoms with van der Waals surface area (Å²) >= 11 is 0. The van der Waals surface area contributed by atoms with Crippen LogP contribution in [-0.4, -0.2) is 43.7 Å². The van der Waals surface area contributed by atoms with Crippen molar-refractivity contribution >= 4 is 5.97 Å². The van der Waals surface area contributed by atoms with E-state index in [-0.39, 0.29) is 17.5 Å². The van der Waals surface area contributed by atoms with Gasteiger partial charge in [0, 0.05) is 12.0 Å². The Morgan fingerprint density at radius 1 is 1.29 bits per heavy atom. The molecule has 0 saturated heterocycles. The Balaban J connectivity index is 3.19. The molecule has 0 aliphatic rings. The SMILES string of the molecule is CC(O)C(O)Cc1c(C(=O)O)ccc(O)c1O. The number of hydrogen-bond acceptors (Lipinski definition) is 5. The number of carboxylic acid groups (broad SMARTS) is 1. The smallest absolute Gasteiger partial charge is 0.336 e. The van der Waals surface area contributed by atoms with Gasteiger partial charge in [0.1, 0.15) is 0 Å². The Hall–Kier alpha value is -1.79. The van der Waals surface area contributed by atoms with E-state index in [1.807, 2.05) is 0 Å². The second-order valence-corrected chi connectivity index (χ2v) is 3.78. The van der Waals surface area contributed by atoms with Crippen molar-refractivity contribution in [1.82, 2.24) is 0 Å². The van der Waals surface area contributed by atoms with Gasteiger partial charge in [-0.1, -0.05) is 0 Å². The maximum Gasteiger partial charge on any atom is 0.336 e. The van der Waals surface area contributed by atoms with Crippen LogP contribution in [0.2, 0.25) is 0 Å². The van der Waals surface area contributed by atoms with Crippen molar-refractivity contribution in [2.45, 2.75) is 25.6 Å². The predicted octanol–water partition coefficient (Wildman–Crippen LogP) is 0.0802. The molecule has 0 fully saturated rings. The highest BCUT2D eigenvalue weighted by molar-refractivity contribution is 5.90. The molecule has 0 amide bonds. The Labute approximate surface area is 97.4 Å². The number of phenolic OH excluding ortho intramolecular Hbond substituents is 2. The highest BCUT2D eigenvalue weighted by atomic mass is 16.4. The van der Waals surface area contributed by atoms with Gasteiger partial charge in [0.15, 0.2) is 11.5 Å². The van der Waals surface area contributed by atoms with Crippen LogP contribution in [0.5, 0.6) is 11.5 Å². The van der Waals surface area contributed by atoms with Gasteiger partial charge in [-0.3, -0.25) is 0 Å². The lowest BCUT2D eigenvalue weighted by Crippen LogP contribution is -2.25. The summed E-state index contributed by atoms with van der Waals surface area (Å²) in [5.41, 5.74) is -0.328. The number of carboxylic acids is 1. The zero-order valence-corrected chi connectivity index (χ0v) is 9.16. The van der Waals surface area contributed by atoms with Crippen molar-refractivity contribution < 1.29 is 30.3 Å². The third-order valence-electron chi connectivity index (χ3n) is 2.46. The fourth-order valence-corrected chi connectivity index (χ4v) is 1.41. The quantitative estimate of drug-likeness (QED) is 0.477. The molecule has 6 nitrogen and oxygen atoms in total. The molecule has 17 heavy (non-hydrogen) atoms. The second kappa shape index (κ2) is 5.03. The maximum absolute atomic E-state index is 10.9. The van der Waals surface area contributed by atoms with Crippen LogP contribution in [0.1, 0.15) is 22.8 Å². The summed E-state index contributed by atoms with van der Waals surface area (Å²) in [6.07, 6.45) is -2.56. The van der Waals surface area contributed by atoms with Crippen molar-refractivity contribution in [1.29, 1.82) is 0 Å². The first kappa shape index (κ1) is 13.3. The van der Waals surface area contributed by atoms with Crippen molar-refractivity contribution in [2.24, 2.45) is 0 Å². The van der Waals surface area contributed by atoms with E-state index in [4.69, 9.17) is 10.2 Å². The molecule has 0 saturated carbocycles. The van der Waals surface area contributed by atoms with E-state index in [1.165, 1.54) is 6.92 Å². The molecular weight excluding hydrogens is 228 g/mol. The summed E-state index contributed by atoms with van der Waals surface area (Å²) in [5.74, 6) is -2.35. The van der Waals surface area contributed by atoms with Crippen LogP contribution in [0, 0.1) is 0 Å². The summed E-state index contributed by atoms with van der Waals surface area (Å²) in [6, 6.07) is 2.18. The lowest BCUT2D eigenvalue weighted by molar-refractivity contribution is 0.0313. The van der Waals surface area contributed by atoms with Gasteiger partial charge in [0.2, 0.25) is 0 Å². The highest BCUT2D eigenvalue weighted by Gasteiger charge is 2.21. The van der Waals surface area contributed by atoms with Crippen LogP contribution < -0.4 is 0 Å². The summed E-state index contributed by atoms with van der Waals surface area (Å²) < 4.78 is 0. The number of carbonyl (C=O) groups is 1. The summed E-state index contributed by atoms with van der Waals surface area (Å²) in [6.45, 7) is 1.34. The van der Waals surface area contributed by atoms with Crippen LogP contribution in [0.25, 0.3) is 0 Å². The monoisotopic (exact) mass is 242 g/mol. The molecule has 5 N–H and O–H groups in total. The molecule has 2 unspecified atom stereocenters. The number of aromatic hydroxyl groups is 2. The predicted molar refractivity (Wildman–Crippen MR) is 58.1 cm³/mol. The van der Waals surface area contributed by atoms with Crippen LogP contribution in [0.4, 0.5) is 0 Å². The lowest BCUT2D eigenvalue weighted by atomic mass is 9.98. The van der Waals surface area contributed by atoms with Crippen molar-refractivity contribution in [3.63, 3.8) is 0 Å². The molecule has 0 heterocycles. The number of aromatic carboxylic acids is 1. The van der Waals surface area contributed by atoms with Crippen molar-refractivity contribution in [3.05, 3.63) is 23.3 Å². The van der Waals surface area contributed by atoms with E-state index < -0.39 is 29.7 Å². The number of phenols is 2. The standard InChI is InChI=1S/C11H14O6/c1-5(12)9(14)4-7-6(11(16)17)2-3-8(13)10(7)15/h2-3,5,9,12-15H,4H2,1H3,(H,16,17). The number of hydrogen-bond donors (Lipinski definition) is 5. The number of benzene rings is 1. The zero-order valence-electron chi connectivity index (χ0n) is 9.16. The Morgan fingerprint density at radius 3 is 2.35 bits per heavy atom. The fourth-order valence-electron chi connectivity index (χ4n) is 1.41. The first-order valence-corrected chi connectivity index (χ1v) is 4.97. The van der Waals surface area contributed by atoms with Gasteiger partial charge in [-0.15, -0.1) is 0 Å². The van der Waals surface area contributed by atoms with E-state index in [1.54, 1.807) is 0 Å². The number of aliphatic hydroxyl groups is 2. The van der Waals surface area contributed by atoms with E-state index in [0.29, 0.717) is 0 Å². The van der Waals surface area contributed by atoms with E-state index >= 15 is 0 Å². The number of aliphatic hydroxyl groups excluding tert-OH is 2. The molecular formula is C11H14O6. The Bertz CT molecular complexity index is 426. The summed E-state index contributed by atoms with van der Waals surface area (Å²) in [4.78, 5) is 10.9. The highest BCUT2D eigenvalue weighted by Crippen LogP contribution is 2.32. The van der Waals surface area contributed by atoms with Crippen LogP contribution in [0.15, 0.2) is 12.1 Å². The molecule has 1 aromatic carbocycles. The zero-order chi connectivity index (χ0) is 13.2. The fraction of sp³-hybridized carbons (Fsp3) is 0.364. The minimum Gasteiger partial charge on any atom is -0.504 e. The van der Waals surface area contributed by atoms with E-state index in [0.717, 1.165) is 12.1 Å². The van der Waals surface area contributed by atoms with Gasteiger partial charge >= 0.3 is 5.97 Å². The van der Waals surface area contributed by atoms with Gasteiger partial charge in [-0.05, 0) is 19.1 Å². The first-order valence-electron chi connectivity index (χ1n) is 4.97. The first-order chi connectivity index (χ1) is 7.84. The van der Waals surface area contributed by atoms with E-state index in [2.05, 4.69) is 0 Å². The minimum atomic E-state index is -1.28. The van der Waals surface area contributed by atoms with Gasteiger partial charge < -0.3 is 25.5 Å². The van der Waals surface area contributed by atoms with Gasteiger partial charge in [-0.2, -0.15) is 0 Å². The van der Waals surface area contributed by atoms with E-state index in [9.17, 15) is 20.1 Å². The molecule has 94 valence electrons. The molecule has 0 bridgehead atoms. The second-order valence-electron chi connectivity index (χ2n) is 3.78. The van der Waals surface area contributed by atoms with Crippen LogP contribution >= 0.6 is 0 Å². The Morgan fingerprint density at radius 2 is 1.88 bits per heavy atom. The number of rotatable bonds is 4. The molecule has 2 atom stereocenters. The van der Waals surface area contributed by atoms with Crippen LogP contribution in [0.3, 0.4) is 0 Å². The molecule has 1 aromatic rings. The van der Waals surface area contributed by atoms with Gasteiger partial charge in [-0.25, -0.2) is 4.79 Å². The average Bonchev–Trinajstić information content (AvgIpc) is 2.24. The minimum absolute atomic E-state index is 0.106. The third-order valence-corrected chi connectivity index (χ3v) is 2.46. The third kappa shape index (κ3) is 2.86. The molecule has 0 radical (unpaired) electrons. The molecule has 0 aliphatic carbocycles. The topological polar surface area (TPSA) is 118 Å². The molecule has 1 rings (SSSR count). The average molecular weight is 242 g/mol. The lowest BCUT2D eigenvalue weighted by Gasteiger charge is -2.16. The van der Waals surface area contributed by atoms with Crippen molar-refractivity contribution in [3.8, 4) is 11.5 Å². The Kier molecular flexibility index (Phi) is 3.93. The normalized spacial score (nSPS) is 14.3. The molecule has 0 aliphatic heterocycles. The summed E-state index contributed by atoms with van der Waals surface area (Å²) in [7, 11) is 0.